The Morgan fingerprint density at radius 2 is 2.16 bits per heavy atom. The summed E-state index contributed by atoms with van der Waals surface area (Å²) in [5.74, 6) is -0.357. The molecule has 0 fully saturated rings. The Hall–Kier alpha value is -1.39. The summed E-state index contributed by atoms with van der Waals surface area (Å²) in [4.78, 5) is 0. The maximum absolute atomic E-state index is 13.2. The largest absolute Gasteiger partial charge is 0.388 e. The lowest BCUT2D eigenvalue weighted by atomic mass is 10.0. The fourth-order valence-electron chi connectivity index (χ4n) is 1.83. The molecule has 5 heteroatoms. The lowest BCUT2D eigenvalue weighted by molar-refractivity contribution is 0.178. The molecule has 102 valence electrons. The Kier molecular flexibility index (Phi) is 4.22. The van der Waals surface area contributed by atoms with Gasteiger partial charge in [0.2, 0.25) is 0 Å². The molecule has 1 aromatic heterocycles. The van der Waals surface area contributed by atoms with Crippen molar-refractivity contribution in [2.75, 3.05) is 0 Å². The van der Waals surface area contributed by atoms with Crippen molar-refractivity contribution in [2.45, 2.75) is 32.4 Å². The van der Waals surface area contributed by atoms with Crippen LogP contribution in [0.5, 0.6) is 0 Å². The Morgan fingerprint density at radius 3 is 2.79 bits per heavy atom. The van der Waals surface area contributed by atoms with Gasteiger partial charge in [-0.15, -0.1) is 0 Å². The van der Waals surface area contributed by atoms with E-state index in [9.17, 15) is 9.50 Å². The number of nitrogens with zero attached hydrogens (tertiary/aromatic N) is 2. The summed E-state index contributed by atoms with van der Waals surface area (Å²) in [5, 5.41) is 14.8. The van der Waals surface area contributed by atoms with Crippen molar-refractivity contribution in [3.05, 3.63) is 52.6 Å². The molecule has 0 aliphatic heterocycles. The number of aromatic nitrogens is 2. The maximum atomic E-state index is 13.2. The number of aliphatic hydroxyl groups excluding tert-OH is 1. The van der Waals surface area contributed by atoms with Crippen molar-refractivity contribution in [3.8, 4) is 0 Å². The zero-order chi connectivity index (χ0) is 14.0. The molecule has 1 aromatic carbocycles. The topological polar surface area (TPSA) is 38.0 Å². The number of hydrogen-bond donors (Lipinski definition) is 1. The Balaban J connectivity index is 2.15. The molecule has 1 unspecified atom stereocenters. The van der Waals surface area contributed by atoms with Crippen LogP contribution in [0.15, 0.2) is 30.6 Å². The Morgan fingerprint density at radius 1 is 1.42 bits per heavy atom. The molecule has 1 atom stereocenters. The minimum absolute atomic E-state index is 0.235. The van der Waals surface area contributed by atoms with Gasteiger partial charge in [0.15, 0.2) is 0 Å². The van der Waals surface area contributed by atoms with E-state index in [2.05, 4.69) is 5.10 Å². The summed E-state index contributed by atoms with van der Waals surface area (Å²) < 4.78 is 14.9. The van der Waals surface area contributed by atoms with Crippen molar-refractivity contribution in [2.24, 2.45) is 0 Å². The highest BCUT2D eigenvalue weighted by Crippen LogP contribution is 2.24. The normalized spacial score (nSPS) is 12.9. The average molecular weight is 283 g/mol. The van der Waals surface area contributed by atoms with Gasteiger partial charge in [0.25, 0.3) is 0 Å². The first-order chi connectivity index (χ1) is 8.97. The predicted molar refractivity (Wildman–Crippen MR) is 72.7 cm³/mol. The third kappa shape index (κ3) is 3.33. The van der Waals surface area contributed by atoms with Crippen LogP contribution >= 0.6 is 11.6 Å². The zero-order valence-electron chi connectivity index (χ0n) is 10.8. The Bertz CT molecular complexity index is 568. The van der Waals surface area contributed by atoms with Gasteiger partial charge in [-0.2, -0.15) is 5.10 Å². The fraction of sp³-hybridized carbons (Fsp3) is 0.357. The second-order valence-electron chi connectivity index (χ2n) is 4.80. The lowest BCUT2D eigenvalue weighted by Gasteiger charge is -2.10. The van der Waals surface area contributed by atoms with E-state index in [1.54, 1.807) is 17.1 Å². The standard InChI is InChI=1S/C14H16ClFN2O/c1-9(2)18-8-11(7-17-18)14(19)6-10-5-12(16)3-4-13(10)15/h3-5,7-9,14,19H,6H2,1-2H3. The SMILES string of the molecule is CC(C)n1cc(C(O)Cc2cc(F)ccc2Cl)cn1. The van der Waals surface area contributed by atoms with Crippen molar-refractivity contribution in [1.82, 2.24) is 9.78 Å². The predicted octanol–water partition coefficient (Wildman–Crippen LogP) is 3.53. The molecule has 0 aliphatic carbocycles. The second kappa shape index (κ2) is 5.72. The van der Waals surface area contributed by atoms with E-state index in [1.807, 2.05) is 13.8 Å². The van der Waals surface area contributed by atoms with E-state index in [0.717, 1.165) is 0 Å². The van der Waals surface area contributed by atoms with Crippen LogP contribution < -0.4 is 0 Å². The molecule has 0 amide bonds. The summed E-state index contributed by atoms with van der Waals surface area (Å²) in [6.07, 6.45) is 2.94. The monoisotopic (exact) mass is 282 g/mol. The van der Waals surface area contributed by atoms with Gasteiger partial charge in [0.1, 0.15) is 5.82 Å². The van der Waals surface area contributed by atoms with Crippen LogP contribution in [0.3, 0.4) is 0 Å². The third-order valence-electron chi connectivity index (χ3n) is 2.96. The minimum atomic E-state index is -0.744. The van der Waals surface area contributed by atoms with Crippen LogP contribution in [0.4, 0.5) is 4.39 Å². The summed E-state index contributed by atoms with van der Waals surface area (Å²) in [5.41, 5.74) is 1.29. The molecule has 0 bridgehead atoms. The molecular formula is C14H16ClFN2O. The van der Waals surface area contributed by atoms with Gasteiger partial charge >= 0.3 is 0 Å². The van der Waals surface area contributed by atoms with Crippen LogP contribution in [0, 0.1) is 5.82 Å². The van der Waals surface area contributed by atoms with Crippen molar-refractivity contribution >= 4 is 11.6 Å². The van der Waals surface area contributed by atoms with Gasteiger partial charge in [-0.25, -0.2) is 4.39 Å². The van der Waals surface area contributed by atoms with E-state index < -0.39 is 6.10 Å². The highest BCUT2D eigenvalue weighted by Gasteiger charge is 2.14. The molecule has 0 aliphatic rings. The molecule has 0 radical (unpaired) electrons. The highest BCUT2D eigenvalue weighted by atomic mass is 35.5. The molecule has 19 heavy (non-hydrogen) atoms. The summed E-state index contributed by atoms with van der Waals surface area (Å²) >= 11 is 5.98. The lowest BCUT2D eigenvalue weighted by Crippen LogP contribution is -2.03. The number of aliphatic hydroxyl groups is 1. The number of benzene rings is 1. The van der Waals surface area contributed by atoms with E-state index in [-0.39, 0.29) is 18.3 Å². The number of halogens is 2. The first-order valence-corrected chi connectivity index (χ1v) is 6.51. The van der Waals surface area contributed by atoms with Gasteiger partial charge in [0.05, 0.1) is 12.3 Å². The first-order valence-electron chi connectivity index (χ1n) is 6.13. The van der Waals surface area contributed by atoms with Crippen LogP contribution in [0.1, 0.15) is 37.1 Å². The molecular weight excluding hydrogens is 267 g/mol. The summed E-state index contributed by atoms with van der Waals surface area (Å²) in [7, 11) is 0. The van der Waals surface area contributed by atoms with Gasteiger partial charge in [-0.1, -0.05) is 11.6 Å². The smallest absolute Gasteiger partial charge is 0.123 e. The molecule has 0 spiro atoms. The molecule has 1 heterocycles. The quantitative estimate of drug-likeness (QED) is 0.931. The third-order valence-corrected chi connectivity index (χ3v) is 3.33. The van der Waals surface area contributed by atoms with E-state index >= 15 is 0 Å². The first kappa shape index (κ1) is 14.0. The maximum Gasteiger partial charge on any atom is 0.123 e. The van der Waals surface area contributed by atoms with Crippen LogP contribution in [0.25, 0.3) is 0 Å². The molecule has 0 saturated heterocycles. The summed E-state index contributed by atoms with van der Waals surface area (Å²) in [6.45, 7) is 4.01. The highest BCUT2D eigenvalue weighted by molar-refractivity contribution is 6.31. The van der Waals surface area contributed by atoms with Crippen molar-refractivity contribution in [1.29, 1.82) is 0 Å². The van der Waals surface area contributed by atoms with Gasteiger partial charge < -0.3 is 5.11 Å². The molecule has 2 rings (SSSR count). The van der Waals surface area contributed by atoms with Gasteiger partial charge in [-0.05, 0) is 37.6 Å². The van der Waals surface area contributed by atoms with Gasteiger partial charge in [0, 0.05) is 29.2 Å². The molecule has 3 nitrogen and oxygen atoms in total. The zero-order valence-corrected chi connectivity index (χ0v) is 11.6. The van der Waals surface area contributed by atoms with Crippen molar-refractivity contribution in [3.63, 3.8) is 0 Å². The number of rotatable bonds is 4. The van der Waals surface area contributed by atoms with Crippen LogP contribution in [-0.2, 0) is 6.42 Å². The van der Waals surface area contributed by atoms with E-state index in [4.69, 9.17) is 11.6 Å². The average Bonchev–Trinajstić information content (AvgIpc) is 2.83. The molecule has 2 aromatic rings. The Labute approximate surface area is 116 Å². The minimum Gasteiger partial charge on any atom is -0.388 e. The molecule has 1 N–H and O–H groups in total. The molecule has 0 saturated carbocycles. The number of hydrogen-bond acceptors (Lipinski definition) is 2. The van der Waals surface area contributed by atoms with E-state index in [0.29, 0.717) is 16.1 Å². The van der Waals surface area contributed by atoms with Crippen molar-refractivity contribution < 1.29 is 9.50 Å². The van der Waals surface area contributed by atoms with Crippen LogP contribution in [0.2, 0.25) is 5.02 Å². The van der Waals surface area contributed by atoms with E-state index in [1.165, 1.54) is 18.2 Å². The summed E-state index contributed by atoms with van der Waals surface area (Å²) in [6, 6.07) is 4.38. The van der Waals surface area contributed by atoms with Crippen LogP contribution in [-0.4, -0.2) is 14.9 Å². The fourth-order valence-corrected chi connectivity index (χ4v) is 2.03. The second-order valence-corrected chi connectivity index (χ2v) is 5.21. The van der Waals surface area contributed by atoms with Gasteiger partial charge in [-0.3, -0.25) is 4.68 Å².